The van der Waals surface area contributed by atoms with Gasteiger partial charge in [0, 0.05) is 27.2 Å². The number of carbonyl (C=O) groups excluding carboxylic acids is 4. The highest BCUT2D eigenvalue weighted by Crippen LogP contribution is 2.23. The molecule has 162 valence electrons. The number of nitrogens with zero attached hydrogens (tertiary/aromatic N) is 1. The van der Waals surface area contributed by atoms with Crippen LogP contribution in [0.3, 0.4) is 0 Å². The van der Waals surface area contributed by atoms with E-state index in [9.17, 15) is 19.2 Å². The van der Waals surface area contributed by atoms with E-state index in [2.05, 4.69) is 26.7 Å². The Morgan fingerprint density at radius 2 is 1.90 bits per heavy atom. The first-order valence-electron chi connectivity index (χ1n) is 9.33. The van der Waals surface area contributed by atoms with Gasteiger partial charge in [0.2, 0.25) is 5.91 Å². The quantitative estimate of drug-likeness (QED) is 0.584. The van der Waals surface area contributed by atoms with E-state index in [0.717, 1.165) is 9.48 Å². The van der Waals surface area contributed by atoms with Gasteiger partial charge in [0.05, 0.1) is 12.5 Å². The van der Waals surface area contributed by atoms with Gasteiger partial charge in [0.1, 0.15) is 0 Å². The number of hydrogen-bond acceptors (Lipinski definition) is 5. The molecule has 0 saturated carbocycles. The van der Waals surface area contributed by atoms with Crippen LogP contribution in [0.1, 0.15) is 22.3 Å². The zero-order valence-electron chi connectivity index (χ0n) is 16.5. The normalized spacial score (nSPS) is 15.5. The molecule has 1 aliphatic rings. The number of hydrazine groups is 1. The van der Waals surface area contributed by atoms with E-state index in [-0.39, 0.29) is 13.0 Å². The number of esters is 1. The number of hydrogen-bond donors (Lipinski definition) is 2. The van der Waals surface area contributed by atoms with Crippen LogP contribution in [0.5, 0.6) is 0 Å². The predicted molar refractivity (Wildman–Crippen MR) is 117 cm³/mol. The van der Waals surface area contributed by atoms with Crippen LogP contribution in [0.25, 0.3) is 0 Å². The Morgan fingerprint density at radius 3 is 2.61 bits per heavy atom. The molecule has 3 rings (SSSR count). The molecule has 31 heavy (non-hydrogen) atoms. The van der Waals surface area contributed by atoms with Crippen molar-refractivity contribution in [1.29, 1.82) is 0 Å². The summed E-state index contributed by atoms with van der Waals surface area (Å²) >= 11 is 9.30. The van der Waals surface area contributed by atoms with E-state index < -0.39 is 36.2 Å². The van der Waals surface area contributed by atoms with E-state index in [4.69, 9.17) is 16.3 Å². The molecule has 0 aromatic heterocycles. The molecule has 1 heterocycles. The first-order chi connectivity index (χ1) is 14.7. The fourth-order valence-electron chi connectivity index (χ4n) is 2.95. The summed E-state index contributed by atoms with van der Waals surface area (Å²) in [5.74, 6) is -2.87. The van der Waals surface area contributed by atoms with Crippen LogP contribution in [0.15, 0.2) is 46.9 Å². The SMILES string of the molecule is Cc1c(Cl)cccc1NC(=O)COC(=O)[C@H]1CC(=O)N(NC(=O)c2ccc(Br)cc2)C1. The molecule has 2 aromatic carbocycles. The Kier molecular flexibility index (Phi) is 7.29. The molecule has 0 aliphatic carbocycles. The van der Waals surface area contributed by atoms with Gasteiger partial charge in [-0.05, 0) is 48.9 Å². The molecule has 1 fully saturated rings. The lowest BCUT2D eigenvalue weighted by atomic mass is 10.1. The molecule has 2 aromatic rings. The predicted octanol–water partition coefficient (Wildman–Crippen LogP) is 3.09. The second kappa shape index (κ2) is 9.93. The zero-order valence-corrected chi connectivity index (χ0v) is 18.8. The Balaban J connectivity index is 1.49. The number of rotatable bonds is 6. The monoisotopic (exact) mass is 507 g/mol. The Labute approximate surface area is 192 Å². The van der Waals surface area contributed by atoms with Gasteiger partial charge >= 0.3 is 5.97 Å². The third kappa shape index (κ3) is 5.83. The molecule has 3 amide bonds. The minimum atomic E-state index is -0.779. The maximum atomic E-state index is 12.3. The summed E-state index contributed by atoms with van der Waals surface area (Å²) in [4.78, 5) is 48.8. The molecule has 1 saturated heterocycles. The number of carbonyl (C=O) groups is 4. The summed E-state index contributed by atoms with van der Waals surface area (Å²) in [7, 11) is 0. The summed E-state index contributed by atoms with van der Waals surface area (Å²) in [6.45, 7) is 1.22. The van der Waals surface area contributed by atoms with Gasteiger partial charge in [0.15, 0.2) is 6.61 Å². The van der Waals surface area contributed by atoms with Gasteiger partial charge in [-0.3, -0.25) is 29.6 Å². The third-order valence-corrected chi connectivity index (χ3v) is 5.63. The molecule has 1 aliphatic heterocycles. The van der Waals surface area contributed by atoms with Crippen molar-refractivity contribution in [1.82, 2.24) is 10.4 Å². The molecular formula is C21H19BrClN3O5. The summed E-state index contributed by atoms with van der Waals surface area (Å²) in [5, 5.41) is 4.22. The fourth-order valence-corrected chi connectivity index (χ4v) is 3.38. The standard InChI is InChI=1S/C21H19BrClN3O5/c1-12-16(23)3-2-4-17(12)24-18(27)11-31-21(30)14-9-19(28)26(10-14)25-20(29)13-5-7-15(22)8-6-13/h2-8,14H,9-11H2,1H3,(H,24,27)(H,25,29)/t14-/m0/s1. The van der Waals surface area contributed by atoms with Gasteiger partial charge < -0.3 is 10.1 Å². The maximum absolute atomic E-state index is 12.3. The van der Waals surface area contributed by atoms with Crippen LogP contribution in [0, 0.1) is 12.8 Å². The summed E-state index contributed by atoms with van der Waals surface area (Å²) in [5.41, 5.74) is 4.08. The van der Waals surface area contributed by atoms with Crippen LogP contribution in [-0.2, 0) is 19.1 Å². The number of halogens is 2. The van der Waals surface area contributed by atoms with Gasteiger partial charge in [-0.15, -0.1) is 0 Å². The lowest BCUT2D eigenvalue weighted by Gasteiger charge is -2.17. The van der Waals surface area contributed by atoms with Crippen molar-refractivity contribution in [2.45, 2.75) is 13.3 Å². The number of nitrogens with one attached hydrogen (secondary N) is 2. The molecule has 1 atom stereocenters. The highest BCUT2D eigenvalue weighted by Gasteiger charge is 2.36. The zero-order chi connectivity index (χ0) is 22.5. The first-order valence-corrected chi connectivity index (χ1v) is 10.5. The first kappa shape index (κ1) is 22.8. The van der Waals surface area contributed by atoms with Gasteiger partial charge in [-0.1, -0.05) is 33.6 Å². The second-order valence-electron chi connectivity index (χ2n) is 6.92. The van der Waals surface area contributed by atoms with Gasteiger partial charge in [0.25, 0.3) is 11.8 Å². The fraction of sp³-hybridized carbons (Fsp3) is 0.238. The number of amides is 3. The van der Waals surface area contributed by atoms with E-state index in [1.807, 2.05) is 0 Å². The van der Waals surface area contributed by atoms with Crippen molar-refractivity contribution in [2.75, 3.05) is 18.5 Å². The summed E-state index contributed by atoms with van der Waals surface area (Å²) < 4.78 is 5.87. The summed E-state index contributed by atoms with van der Waals surface area (Å²) in [6.07, 6.45) is -0.117. The van der Waals surface area contributed by atoms with E-state index >= 15 is 0 Å². The number of benzene rings is 2. The van der Waals surface area contributed by atoms with Crippen LogP contribution in [0.2, 0.25) is 5.02 Å². The molecule has 0 radical (unpaired) electrons. The van der Waals surface area contributed by atoms with Gasteiger partial charge in [-0.2, -0.15) is 0 Å². The van der Waals surface area contributed by atoms with E-state index in [0.29, 0.717) is 21.8 Å². The van der Waals surface area contributed by atoms with E-state index in [1.54, 1.807) is 49.4 Å². The molecule has 2 N–H and O–H groups in total. The highest BCUT2D eigenvalue weighted by atomic mass is 79.9. The van der Waals surface area contributed by atoms with Crippen molar-refractivity contribution in [3.8, 4) is 0 Å². The number of ether oxygens (including phenoxy) is 1. The Morgan fingerprint density at radius 1 is 1.19 bits per heavy atom. The van der Waals surface area contributed by atoms with E-state index in [1.165, 1.54) is 0 Å². The Bertz CT molecular complexity index is 1030. The Hall–Kier alpha value is -2.91. The van der Waals surface area contributed by atoms with Crippen LogP contribution >= 0.6 is 27.5 Å². The van der Waals surface area contributed by atoms with Crippen LogP contribution in [0.4, 0.5) is 5.69 Å². The highest BCUT2D eigenvalue weighted by molar-refractivity contribution is 9.10. The molecule has 0 spiro atoms. The number of anilines is 1. The largest absolute Gasteiger partial charge is 0.455 e. The van der Waals surface area contributed by atoms with Crippen molar-refractivity contribution >= 4 is 56.9 Å². The maximum Gasteiger partial charge on any atom is 0.311 e. The molecule has 0 unspecified atom stereocenters. The lowest BCUT2D eigenvalue weighted by Crippen LogP contribution is -2.43. The lowest BCUT2D eigenvalue weighted by molar-refractivity contribution is -0.151. The smallest absolute Gasteiger partial charge is 0.311 e. The molecule has 10 heteroatoms. The average Bonchev–Trinajstić information content (AvgIpc) is 3.10. The minimum Gasteiger partial charge on any atom is -0.455 e. The topological polar surface area (TPSA) is 105 Å². The third-order valence-electron chi connectivity index (χ3n) is 4.69. The van der Waals surface area contributed by atoms with Crippen molar-refractivity contribution in [3.63, 3.8) is 0 Å². The summed E-state index contributed by atoms with van der Waals surface area (Å²) in [6, 6.07) is 11.7. The minimum absolute atomic E-state index is 0.0328. The molecular weight excluding hydrogens is 490 g/mol. The van der Waals surface area contributed by atoms with Crippen molar-refractivity contribution < 1.29 is 23.9 Å². The second-order valence-corrected chi connectivity index (χ2v) is 8.24. The van der Waals surface area contributed by atoms with Crippen LogP contribution < -0.4 is 10.7 Å². The van der Waals surface area contributed by atoms with Crippen molar-refractivity contribution in [3.05, 3.63) is 63.1 Å². The average molecular weight is 509 g/mol. The van der Waals surface area contributed by atoms with Crippen molar-refractivity contribution in [2.24, 2.45) is 5.92 Å². The molecule has 0 bridgehead atoms. The van der Waals surface area contributed by atoms with Gasteiger partial charge in [-0.25, -0.2) is 0 Å². The molecule has 8 nitrogen and oxygen atoms in total. The van der Waals surface area contributed by atoms with Crippen LogP contribution in [-0.4, -0.2) is 41.9 Å².